The molecule has 1 unspecified atom stereocenters. The molecular weight excluding hydrogens is 284 g/mol. The van der Waals surface area contributed by atoms with Crippen LogP contribution in [0, 0.1) is 11.8 Å². The lowest BCUT2D eigenvalue weighted by Gasteiger charge is -2.28. The highest BCUT2D eigenvalue weighted by Gasteiger charge is 2.36. The van der Waals surface area contributed by atoms with Gasteiger partial charge in [0.1, 0.15) is 0 Å². The van der Waals surface area contributed by atoms with Gasteiger partial charge in [0.25, 0.3) is 0 Å². The van der Waals surface area contributed by atoms with Crippen LogP contribution < -0.4 is 10.2 Å². The molecule has 2 fully saturated rings. The number of carbonyl (C=O) groups excluding carboxylic acids is 2. The van der Waals surface area contributed by atoms with Gasteiger partial charge in [-0.25, -0.2) is 0 Å². The van der Waals surface area contributed by atoms with E-state index in [2.05, 4.69) is 15.5 Å². The molecular formula is C15H22N4O3. The van der Waals surface area contributed by atoms with Crippen molar-refractivity contribution in [3.63, 3.8) is 0 Å². The minimum Gasteiger partial charge on any atom is -0.396 e. The number of anilines is 1. The average Bonchev–Trinajstić information content (AvgIpc) is 3.17. The lowest BCUT2D eigenvalue weighted by molar-refractivity contribution is -0.127. The first-order valence-corrected chi connectivity index (χ1v) is 7.87. The van der Waals surface area contributed by atoms with Crippen LogP contribution in [0.3, 0.4) is 0 Å². The van der Waals surface area contributed by atoms with Gasteiger partial charge in [-0.1, -0.05) is 0 Å². The van der Waals surface area contributed by atoms with Crippen molar-refractivity contribution < 1.29 is 14.7 Å². The van der Waals surface area contributed by atoms with E-state index in [1.807, 2.05) is 0 Å². The molecule has 1 saturated carbocycles. The number of aromatic nitrogens is 2. The van der Waals surface area contributed by atoms with Crippen LogP contribution in [0.5, 0.6) is 0 Å². The number of hydrogen-bond donors (Lipinski definition) is 3. The zero-order chi connectivity index (χ0) is 15.5. The van der Waals surface area contributed by atoms with Crippen LogP contribution in [0.2, 0.25) is 0 Å². The number of hydrogen-bond acceptors (Lipinski definition) is 4. The number of carbonyl (C=O) groups is 2. The Labute approximate surface area is 129 Å². The first-order valence-electron chi connectivity index (χ1n) is 7.87. The van der Waals surface area contributed by atoms with E-state index in [1.165, 1.54) is 0 Å². The van der Waals surface area contributed by atoms with E-state index in [-0.39, 0.29) is 36.8 Å². The molecule has 3 N–H and O–H groups in total. The Morgan fingerprint density at radius 2 is 2.18 bits per heavy atom. The summed E-state index contributed by atoms with van der Waals surface area (Å²) >= 11 is 0. The molecule has 1 aliphatic carbocycles. The van der Waals surface area contributed by atoms with Gasteiger partial charge in [0.05, 0.1) is 17.8 Å². The highest BCUT2D eigenvalue weighted by atomic mass is 16.3. The SMILES string of the molecule is O=C(NC1CCC(CO)CC1)C1CC(=O)N(c2cn[nH]c2)C1. The third kappa shape index (κ3) is 3.14. The molecule has 1 saturated heterocycles. The van der Waals surface area contributed by atoms with Crippen molar-refractivity contribution in [2.45, 2.75) is 38.1 Å². The molecule has 1 aromatic rings. The van der Waals surface area contributed by atoms with Crippen molar-refractivity contribution in [2.75, 3.05) is 18.1 Å². The quantitative estimate of drug-likeness (QED) is 0.751. The largest absolute Gasteiger partial charge is 0.396 e. The van der Waals surface area contributed by atoms with Gasteiger partial charge in [-0.15, -0.1) is 0 Å². The number of aliphatic hydroxyl groups excluding tert-OH is 1. The number of rotatable bonds is 4. The summed E-state index contributed by atoms with van der Waals surface area (Å²) in [5, 5.41) is 18.7. The van der Waals surface area contributed by atoms with Gasteiger partial charge in [-0.05, 0) is 31.6 Å². The number of aromatic amines is 1. The van der Waals surface area contributed by atoms with Crippen LogP contribution in [-0.4, -0.2) is 46.3 Å². The highest BCUT2D eigenvalue weighted by Crippen LogP contribution is 2.26. The summed E-state index contributed by atoms with van der Waals surface area (Å²) < 4.78 is 0. The molecule has 0 aromatic carbocycles. The smallest absolute Gasteiger partial charge is 0.227 e. The predicted octanol–water partition coefficient (Wildman–Crippen LogP) is 0.430. The second kappa shape index (κ2) is 6.48. The summed E-state index contributed by atoms with van der Waals surface area (Å²) in [5.41, 5.74) is 0.712. The van der Waals surface area contributed by atoms with E-state index in [4.69, 9.17) is 5.11 Å². The maximum absolute atomic E-state index is 12.4. The van der Waals surface area contributed by atoms with E-state index in [0.717, 1.165) is 25.7 Å². The summed E-state index contributed by atoms with van der Waals surface area (Å²) in [5.74, 6) is 0.00749. The van der Waals surface area contributed by atoms with Crippen LogP contribution in [-0.2, 0) is 9.59 Å². The highest BCUT2D eigenvalue weighted by molar-refractivity contribution is 6.00. The molecule has 2 heterocycles. The summed E-state index contributed by atoms with van der Waals surface area (Å²) in [6.07, 6.45) is 7.22. The van der Waals surface area contributed by atoms with E-state index >= 15 is 0 Å². The summed E-state index contributed by atoms with van der Waals surface area (Å²) in [4.78, 5) is 26.0. The summed E-state index contributed by atoms with van der Waals surface area (Å²) in [7, 11) is 0. The Bertz CT molecular complexity index is 523. The summed E-state index contributed by atoms with van der Waals surface area (Å²) in [6, 6.07) is 0.174. The molecule has 7 heteroatoms. The van der Waals surface area contributed by atoms with Gasteiger partial charge in [0.15, 0.2) is 0 Å². The second-order valence-electron chi connectivity index (χ2n) is 6.27. The molecule has 7 nitrogen and oxygen atoms in total. The fraction of sp³-hybridized carbons (Fsp3) is 0.667. The Balaban J connectivity index is 1.52. The number of H-pyrrole nitrogens is 1. The zero-order valence-corrected chi connectivity index (χ0v) is 12.5. The fourth-order valence-corrected chi connectivity index (χ4v) is 3.33. The molecule has 1 aromatic heterocycles. The van der Waals surface area contributed by atoms with E-state index in [9.17, 15) is 9.59 Å². The predicted molar refractivity (Wildman–Crippen MR) is 80.0 cm³/mol. The van der Waals surface area contributed by atoms with Crippen molar-refractivity contribution in [3.05, 3.63) is 12.4 Å². The number of amides is 2. The number of nitrogens with one attached hydrogen (secondary N) is 2. The van der Waals surface area contributed by atoms with Gasteiger partial charge >= 0.3 is 0 Å². The number of nitrogens with zero attached hydrogens (tertiary/aromatic N) is 2. The van der Waals surface area contributed by atoms with Gasteiger partial charge in [0.2, 0.25) is 11.8 Å². The molecule has 1 atom stereocenters. The molecule has 2 aliphatic rings. The topological polar surface area (TPSA) is 98.3 Å². The molecule has 1 aliphatic heterocycles. The van der Waals surface area contributed by atoms with Crippen LogP contribution in [0.15, 0.2) is 12.4 Å². The van der Waals surface area contributed by atoms with Crippen LogP contribution >= 0.6 is 0 Å². The Morgan fingerprint density at radius 3 is 2.82 bits per heavy atom. The minimum absolute atomic E-state index is 0.0354. The van der Waals surface area contributed by atoms with Crippen LogP contribution in [0.4, 0.5) is 5.69 Å². The molecule has 120 valence electrons. The Hall–Kier alpha value is -1.89. The lowest BCUT2D eigenvalue weighted by Crippen LogP contribution is -2.42. The molecule has 2 amide bonds. The van der Waals surface area contributed by atoms with Crippen LogP contribution in [0.1, 0.15) is 32.1 Å². The standard InChI is InChI=1S/C15H22N4O3/c20-9-10-1-3-12(4-2-10)18-15(22)11-5-14(21)19(8-11)13-6-16-17-7-13/h6-7,10-12,20H,1-5,8-9H2,(H,16,17)(H,18,22). The van der Waals surface area contributed by atoms with E-state index in [1.54, 1.807) is 17.3 Å². The maximum Gasteiger partial charge on any atom is 0.227 e. The number of aliphatic hydroxyl groups is 1. The minimum atomic E-state index is -0.294. The van der Waals surface area contributed by atoms with E-state index in [0.29, 0.717) is 18.2 Å². The molecule has 0 bridgehead atoms. The first kappa shape index (κ1) is 15.0. The lowest BCUT2D eigenvalue weighted by atomic mass is 9.86. The molecule has 0 radical (unpaired) electrons. The molecule has 0 spiro atoms. The fourth-order valence-electron chi connectivity index (χ4n) is 3.33. The summed E-state index contributed by atoms with van der Waals surface area (Å²) in [6.45, 7) is 0.646. The Kier molecular flexibility index (Phi) is 4.42. The van der Waals surface area contributed by atoms with Crippen molar-refractivity contribution in [1.29, 1.82) is 0 Å². The zero-order valence-electron chi connectivity index (χ0n) is 12.5. The van der Waals surface area contributed by atoms with Crippen molar-refractivity contribution in [1.82, 2.24) is 15.5 Å². The van der Waals surface area contributed by atoms with Crippen molar-refractivity contribution in [2.24, 2.45) is 11.8 Å². The monoisotopic (exact) mass is 306 g/mol. The normalized spacial score (nSPS) is 28.9. The van der Waals surface area contributed by atoms with Gasteiger partial charge in [-0.3, -0.25) is 14.7 Å². The van der Waals surface area contributed by atoms with Crippen molar-refractivity contribution in [3.8, 4) is 0 Å². The molecule has 3 rings (SSSR count). The van der Waals surface area contributed by atoms with Crippen molar-refractivity contribution >= 4 is 17.5 Å². The van der Waals surface area contributed by atoms with Gasteiger partial charge < -0.3 is 15.3 Å². The average molecular weight is 306 g/mol. The van der Waals surface area contributed by atoms with Crippen LogP contribution in [0.25, 0.3) is 0 Å². The first-order chi connectivity index (χ1) is 10.7. The van der Waals surface area contributed by atoms with Gasteiger partial charge in [0, 0.05) is 31.8 Å². The Morgan fingerprint density at radius 1 is 1.41 bits per heavy atom. The molecule has 22 heavy (non-hydrogen) atoms. The van der Waals surface area contributed by atoms with Gasteiger partial charge in [-0.2, -0.15) is 5.10 Å². The second-order valence-corrected chi connectivity index (χ2v) is 6.27. The third-order valence-corrected chi connectivity index (χ3v) is 4.74. The van der Waals surface area contributed by atoms with E-state index < -0.39 is 0 Å². The third-order valence-electron chi connectivity index (χ3n) is 4.74. The maximum atomic E-state index is 12.4.